The first-order valence-electron chi connectivity index (χ1n) is 12.0. The third-order valence-corrected chi connectivity index (χ3v) is 16.3. The van der Waals surface area contributed by atoms with Crippen molar-refractivity contribution in [2.75, 3.05) is 0 Å². The van der Waals surface area contributed by atoms with Crippen LogP contribution in [-0.2, 0) is 21.9 Å². The van der Waals surface area contributed by atoms with Gasteiger partial charge in [0, 0.05) is 12.5 Å². The second-order valence-electron chi connectivity index (χ2n) is 11.3. The van der Waals surface area contributed by atoms with Crippen molar-refractivity contribution in [3.63, 3.8) is 0 Å². The molecule has 0 aromatic carbocycles. The van der Waals surface area contributed by atoms with Crippen molar-refractivity contribution in [2.24, 2.45) is 0 Å². The van der Waals surface area contributed by atoms with E-state index in [1.807, 2.05) is 0 Å². The molecule has 0 unspecified atom stereocenters. The van der Waals surface area contributed by atoms with Crippen molar-refractivity contribution in [3.8, 4) is 0 Å². The van der Waals surface area contributed by atoms with E-state index in [1.54, 1.807) is 0 Å². The van der Waals surface area contributed by atoms with Crippen LogP contribution in [0.4, 0.5) is 0 Å². The summed E-state index contributed by atoms with van der Waals surface area (Å²) in [5.74, 6) is -0.177. The lowest BCUT2D eigenvalue weighted by atomic mass is 10.1. The maximum Gasteiger partial charge on any atom is 0.469 e. The van der Waals surface area contributed by atoms with Crippen molar-refractivity contribution >= 4 is 39.7 Å². The predicted molar refractivity (Wildman–Crippen MR) is 142 cm³/mol. The zero-order chi connectivity index (χ0) is 24.2. The van der Waals surface area contributed by atoms with Gasteiger partial charge in [-0.15, -0.1) is 0 Å². The van der Waals surface area contributed by atoms with E-state index in [-0.39, 0.29) is 5.97 Å². The number of rotatable bonds is 18. The van der Waals surface area contributed by atoms with E-state index in [9.17, 15) is 4.79 Å². The molecule has 0 radical (unpaired) electrons. The van der Waals surface area contributed by atoms with Gasteiger partial charge in [-0.05, 0) is 71.8 Å². The highest BCUT2D eigenvalue weighted by molar-refractivity contribution is 6.90. The Bertz CT molecular complexity index is 481. The van der Waals surface area contributed by atoms with Gasteiger partial charge in [0.1, 0.15) is 0 Å². The minimum absolute atomic E-state index is 0.177. The third-order valence-electron chi connectivity index (χ3n) is 4.21. The standard InChI is InChI=1S/C22H50O5Si4/c1-11-24-22(23)20-18-16-14-12-13-15-17-19-21-31(25-28(2,3)4,26-29(5,6)7)27-30(8,9)10/h11H,1,12-21H2,2-10H3. The molecule has 0 rings (SSSR count). The lowest BCUT2D eigenvalue weighted by Crippen LogP contribution is -2.60. The van der Waals surface area contributed by atoms with E-state index in [2.05, 4.69) is 65.5 Å². The Morgan fingerprint density at radius 2 is 1.00 bits per heavy atom. The van der Waals surface area contributed by atoms with E-state index in [4.69, 9.17) is 17.1 Å². The Hall–Kier alpha value is -0.0425. The summed E-state index contributed by atoms with van der Waals surface area (Å²) in [5.41, 5.74) is 0. The van der Waals surface area contributed by atoms with Gasteiger partial charge in [0.15, 0.2) is 25.0 Å². The maximum absolute atomic E-state index is 11.3. The second-order valence-corrected chi connectivity index (χ2v) is 28.3. The number of hydrogen-bond donors (Lipinski definition) is 0. The lowest BCUT2D eigenvalue weighted by molar-refractivity contribution is -0.138. The van der Waals surface area contributed by atoms with E-state index < -0.39 is 33.8 Å². The molecule has 0 aliphatic carbocycles. The van der Waals surface area contributed by atoms with Crippen molar-refractivity contribution < 1.29 is 21.9 Å². The molecule has 0 heterocycles. The molecule has 31 heavy (non-hydrogen) atoms. The highest BCUT2D eigenvalue weighted by atomic mass is 28.5. The van der Waals surface area contributed by atoms with Crippen molar-refractivity contribution in [3.05, 3.63) is 12.8 Å². The summed E-state index contributed by atoms with van der Waals surface area (Å²) in [5, 5.41) is 0. The summed E-state index contributed by atoms with van der Waals surface area (Å²) < 4.78 is 25.0. The third kappa shape index (κ3) is 19.2. The monoisotopic (exact) mass is 506 g/mol. The SMILES string of the molecule is C=COC(=O)CCCCCCCCCC[Si](O[Si](C)(C)C)(O[Si](C)(C)C)O[Si](C)(C)C. The second kappa shape index (κ2) is 14.3. The smallest absolute Gasteiger partial charge is 0.435 e. The summed E-state index contributed by atoms with van der Waals surface area (Å²) in [6.45, 7) is 23.6. The van der Waals surface area contributed by atoms with Crippen LogP contribution < -0.4 is 0 Å². The molecule has 184 valence electrons. The molecule has 9 heteroatoms. The predicted octanol–water partition coefficient (Wildman–Crippen LogP) is 7.68. The number of unbranched alkanes of at least 4 members (excludes halogenated alkanes) is 7. The normalized spacial score (nSPS) is 13.3. The van der Waals surface area contributed by atoms with Gasteiger partial charge in [0.25, 0.3) is 0 Å². The molecule has 0 aliphatic heterocycles. The Labute approximate surface area is 197 Å². The number of carbonyl (C=O) groups is 1. The summed E-state index contributed by atoms with van der Waals surface area (Å²) in [6, 6.07) is 0.942. The first kappa shape index (κ1) is 31.0. The van der Waals surface area contributed by atoms with Gasteiger partial charge < -0.3 is 17.1 Å². The summed E-state index contributed by atoms with van der Waals surface area (Å²) in [4.78, 5) is 11.3. The minimum atomic E-state index is -2.67. The van der Waals surface area contributed by atoms with Crippen LogP contribution in [0.15, 0.2) is 12.8 Å². The summed E-state index contributed by atoms with van der Waals surface area (Å²) >= 11 is 0. The van der Waals surface area contributed by atoms with E-state index >= 15 is 0 Å². The van der Waals surface area contributed by atoms with Crippen molar-refractivity contribution in [2.45, 2.75) is 123 Å². The van der Waals surface area contributed by atoms with Crippen LogP contribution in [0.1, 0.15) is 57.8 Å². The van der Waals surface area contributed by atoms with E-state index in [0.717, 1.165) is 25.3 Å². The highest BCUT2D eigenvalue weighted by Gasteiger charge is 2.49. The fraction of sp³-hybridized carbons (Fsp3) is 0.864. The zero-order valence-electron chi connectivity index (χ0n) is 21.9. The molecule has 0 aliphatic rings. The molecule has 0 atom stereocenters. The van der Waals surface area contributed by atoms with E-state index in [1.165, 1.54) is 38.4 Å². The van der Waals surface area contributed by atoms with Crippen LogP contribution in [0.25, 0.3) is 0 Å². The Morgan fingerprint density at radius 3 is 1.35 bits per heavy atom. The maximum atomic E-state index is 11.3. The lowest BCUT2D eigenvalue weighted by Gasteiger charge is -2.43. The number of esters is 1. The van der Waals surface area contributed by atoms with Crippen molar-refractivity contribution in [1.29, 1.82) is 0 Å². The van der Waals surface area contributed by atoms with Crippen LogP contribution >= 0.6 is 0 Å². The van der Waals surface area contributed by atoms with Gasteiger partial charge in [0.2, 0.25) is 0 Å². The molecule has 0 spiro atoms. The largest absolute Gasteiger partial charge is 0.469 e. The molecule has 5 nitrogen and oxygen atoms in total. The first-order chi connectivity index (χ1) is 14.1. The van der Waals surface area contributed by atoms with Crippen molar-refractivity contribution in [1.82, 2.24) is 0 Å². The molecular weight excluding hydrogens is 457 g/mol. The van der Waals surface area contributed by atoms with Crippen LogP contribution in [0.3, 0.4) is 0 Å². The van der Waals surface area contributed by atoms with Gasteiger partial charge in [-0.1, -0.05) is 45.1 Å². The Morgan fingerprint density at radius 1 is 0.645 bits per heavy atom. The molecule has 0 aromatic heterocycles. The van der Waals surface area contributed by atoms with Gasteiger partial charge in [-0.3, -0.25) is 4.79 Å². The molecule has 0 N–H and O–H groups in total. The summed E-state index contributed by atoms with van der Waals surface area (Å²) in [6.07, 6.45) is 10.9. The average molecular weight is 507 g/mol. The first-order valence-corrected chi connectivity index (χ1v) is 24.1. The fourth-order valence-electron chi connectivity index (χ4n) is 3.44. The average Bonchev–Trinajstić information content (AvgIpc) is 2.51. The number of ether oxygens (including phenoxy) is 1. The van der Waals surface area contributed by atoms with Gasteiger partial charge in [-0.2, -0.15) is 0 Å². The Balaban J connectivity index is 4.50. The summed E-state index contributed by atoms with van der Waals surface area (Å²) in [7, 11) is -8.02. The van der Waals surface area contributed by atoms with Crippen LogP contribution in [0.2, 0.25) is 65.0 Å². The molecule has 0 fully saturated rings. The van der Waals surface area contributed by atoms with Gasteiger partial charge in [0.05, 0.1) is 6.26 Å². The number of carbonyl (C=O) groups excluding carboxylic acids is 1. The molecule has 0 amide bonds. The molecule has 0 saturated heterocycles. The molecule has 0 aromatic rings. The van der Waals surface area contributed by atoms with Gasteiger partial charge >= 0.3 is 14.8 Å². The zero-order valence-corrected chi connectivity index (χ0v) is 25.9. The fourth-order valence-corrected chi connectivity index (χ4v) is 18.2. The van der Waals surface area contributed by atoms with Gasteiger partial charge in [-0.25, -0.2) is 0 Å². The van der Waals surface area contributed by atoms with Crippen LogP contribution in [0.5, 0.6) is 0 Å². The topological polar surface area (TPSA) is 54.0 Å². The molecule has 0 bridgehead atoms. The molecule has 0 saturated carbocycles. The Kier molecular flexibility index (Phi) is 14.2. The quantitative estimate of drug-likeness (QED) is 0.0825. The number of hydrogen-bond acceptors (Lipinski definition) is 5. The van der Waals surface area contributed by atoms with Crippen LogP contribution in [0, 0.1) is 0 Å². The minimum Gasteiger partial charge on any atom is -0.435 e. The van der Waals surface area contributed by atoms with E-state index in [0.29, 0.717) is 6.42 Å². The van der Waals surface area contributed by atoms with Crippen LogP contribution in [-0.4, -0.2) is 39.7 Å². The highest BCUT2D eigenvalue weighted by Crippen LogP contribution is 2.30. The molecular formula is C22H50O5Si4.